The lowest BCUT2D eigenvalue weighted by Crippen LogP contribution is -2.11. The molecule has 0 fully saturated rings. The molecule has 0 radical (unpaired) electrons. The second-order valence-electron chi connectivity index (χ2n) is 4.70. The Labute approximate surface area is 122 Å². The number of benzene rings is 2. The van der Waals surface area contributed by atoms with Crippen molar-refractivity contribution in [3.63, 3.8) is 0 Å². The Morgan fingerprint density at radius 2 is 1.62 bits per heavy atom. The Bertz CT molecular complexity index is 767. The van der Waals surface area contributed by atoms with Crippen molar-refractivity contribution in [1.29, 1.82) is 0 Å². The zero-order chi connectivity index (χ0) is 14.5. The largest absolute Gasteiger partial charge is 0.379 e. The molecule has 4 heteroatoms. The Morgan fingerprint density at radius 1 is 0.952 bits per heavy atom. The number of hydrogen-bond donors (Lipinski definition) is 2. The summed E-state index contributed by atoms with van der Waals surface area (Å²) in [6, 6.07) is 21.4. The van der Waals surface area contributed by atoms with Crippen molar-refractivity contribution < 1.29 is 0 Å². The van der Waals surface area contributed by atoms with E-state index in [9.17, 15) is 4.79 Å². The molecule has 0 aliphatic heterocycles. The van der Waals surface area contributed by atoms with Gasteiger partial charge in [0, 0.05) is 18.2 Å². The van der Waals surface area contributed by atoms with E-state index in [-0.39, 0.29) is 5.56 Å². The van der Waals surface area contributed by atoms with Crippen LogP contribution in [0.1, 0.15) is 5.56 Å². The van der Waals surface area contributed by atoms with Gasteiger partial charge in [-0.15, -0.1) is 0 Å². The first kappa shape index (κ1) is 13.1. The highest BCUT2D eigenvalue weighted by molar-refractivity contribution is 5.73. The molecule has 3 aromatic rings. The van der Waals surface area contributed by atoms with Crippen LogP contribution in [0.15, 0.2) is 71.5 Å². The maximum atomic E-state index is 11.5. The molecule has 0 aliphatic rings. The monoisotopic (exact) mass is 277 g/mol. The minimum atomic E-state index is -0.217. The highest BCUT2D eigenvalue weighted by Crippen LogP contribution is 2.23. The van der Waals surface area contributed by atoms with E-state index >= 15 is 0 Å². The fourth-order valence-corrected chi connectivity index (χ4v) is 2.15. The van der Waals surface area contributed by atoms with E-state index in [1.807, 2.05) is 60.7 Å². The number of H-pyrrole nitrogens is 1. The number of nitrogens with one attached hydrogen (secondary N) is 2. The third-order valence-electron chi connectivity index (χ3n) is 3.18. The van der Waals surface area contributed by atoms with E-state index in [0.29, 0.717) is 6.54 Å². The van der Waals surface area contributed by atoms with Gasteiger partial charge in [0.2, 0.25) is 0 Å². The summed E-state index contributed by atoms with van der Waals surface area (Å²) in [5, 5.41) is 9.94. The van der Waals surface area contributed by atoms with Crippen LogP contribution < -0.4 is 10.9 Å². The maximum absolute atomic E-state index is 11.5. The molecule has 2 N–H and O–H groups in total. The topological polar surface area (TPSA) is 57.8 Å². The van der Waals surface area contributed by atoms with Crippen LogP contribution in [0.2, 0.25) is 0 Å². The van der Waals surface area contributed by atoms with E-state index in [4.69, 9.17) is 0 Å². The number of nitrogens with zero attached hydrogens (tertiary/aromatic N) is 1. The Hall–Kier alpha value is -2.88. The van der Waals surface area contributed by atoms with Gasteiger partial charge in [-0.25, -0.2) is 5.10 Å². The van der Waals surface area contributed by atoms with Crippen LogP contribution in [0.3, 0.4) is 0 Å². The van der Waals surface area contributed by atoms with Gasteiger partial charge in [-0.2, -0.15) is 5.10 Å². The molecule has 1 aromatic heterocycles. The number of rotatable bonds is 4. The predicted octanol–water partition coefficient (Wildman–Crippen LogP) is 3.05. The average Bonchev–Trinajstić information content (AvgIpc) is 2.55. The summed E-state index contributed by atoms with van der Waals surface area (Å²) < 4.78 is 0. The number of hydrogen-bond acceptors (Lipinski definition) is 3. The van der Waals surface area contributed by atoms with Crippen LogP contribution in [0.5, 0.6) is 0 Å². The summed E-state index contributed by atoms with van der Waals surface area (Å²) in [6.45, 7) is 0.645. The summed E-state index contributed by atoms with van der Waals surface area (Å²) >= 11 is 0. The summed E-state index contributed by atoms with van der Waals surface area (Å²) in [5.41, 5.74) is 3.37. The second kappa shape index (κ2) is 6.05. The van der Waals surface area contributed by atoms with Crippen molar-refractivity contribution in [3.8, 4) is 11.3 Å². The first-order chi connectivity index (χ1) is 10.3. The van der Waals surface area contributed by atoms with Gasteiger partial charge in [-0.05, 0) is 5.56 Å². The highest BCUT2D eigenvalue weighted by Gasteiger charge is 2.07. The lowest BCUT2D eigenvalue weighted by Gasteiger charge is -2.10. The molecule has 0 saturated heterocycles. The zero-order valence-electron chi connectivity index (χ0n) is 11.4. The molecule has 0 atom stereocenters. The van der Waals surface area contributed by atoms with Crippen molar-refractivity contribution in [2.45, 2.75) is 6.54 Å². The molecule has 0 bridgehead atoms. The van der Waals surface area contributed by atoms with Crippen LogP contribution in [-0.2, 0) is 6.54 Å². The molecule has 0 saturated carbocycles. The lowest BCUT2D eigenvalue weighted by molar-refractivity contribution is 0.988. The van der Waals surface area contributed by atoms with Gasteiger partial charge in [-0.3, -0.25) is 4.79 Å². The summed E-state index contributed by atoms with van der Waals surface area (Å²) in [7, 11) is 0. The predicted molar refractivity (Wildman–Crippen MR) is 84.1 cm³/mol. The van der Waals surface area contributed by atoms with Crippen LogP contribution in [-0.4, -0.2) is 10.2 Å². The van der Waals surface area contributed by atoms with Gasteiger partial charge in [-0.1, -0.05) is 60.7 Å². The normalized spacial score (nSPS) is 10.3. The highest BCUT2D eigenvalue weighted by atomic mass is 16.1. The molecule has 0 unspecified atom stereocenters. The SMILES string of the molecule is O=c1cc(NCc2ccccc2)c(-c2ccccc2)n[nH]1. The lowest BCUT2D eigenvalue weighted by atomic mass is 10.1. The Kier molecular flexibility index (Phi) is 3.78. The molecular weight excluding hydrogens is 262 g/mol. The van der Waals surface area contributed by atoms with E-state index in [1.54, 1.807) is 0 Å². The summed E-state index contributed by atoms with van der Waals surface area (Å²) in [5.74, 6) is 0. The maximum Gasteiger partial charge on any atom is 0.266 e. The van der Waals surface area contributed by atoms with Gasteiger partial charge in [0.05, 0.1) is 5.69 Å². The zero-order valence-corrected chi connectivity index (χ0v) is 11.4. The third kappa shape index (κ3) is 3.17. The molecule has 21 heavy (non-hydrogen) atoms. The Morgan fingerprint density at radius 3 is 2.33 bits per heavy atom. The van der Waals surface area contributed by atoms with Gasteiger partial charge >= 0.3 is 0 Å². The molecular formula is C17H15N3O. The molecule has 0 aliphatic carbocycles. The van der Waals surface area contributed by atoms with E-state index in [1.165, 1.54) is 6.07 Å². The molecule has 0 spiro atoms. The minimum Gasteiger partial charge on any atom is -0.379 e. The fraction of sp³-hybridized carbons (Fsp3) is 0.0588. The van der Waals surface area contributed by atoms with Gasteiger partial charge in [0.15, 0.2) is 0 Å². The Balaban J connectivity index is 1.90. The number of anilines is 1. The van der Waals surface area contributed by atoms with Crippen molar-refractivity contribution in [2.75, 3.05) is 5.32 Å². The van der Waals surface area contributed by atoms with Crippen LogP contribution in [0.25, 0.3) is 11.3 Å². The first-order valence-electron chi connectivity index (χ1n) is 6.76. The number of aromatic amines is 1. The fourth-order valence-electron chi connectivity index (χ4n) is 2.15. The van der Waals surface area contributed by atoms with Gasteiger partial charge in [0.25, 0.3) is 5.56 Å². The quantitative estimate of drug-likeness (QED) is 0.770. The van der Waals surface area contributed by atoms with Crippen molar-refractivity contribution in [3.05, 3.63) is 82.6 Å². The first-order valence-corrected chi connectivity index (χ1v) is 6.76. The summed E-state index contributed by atoms with van der Waals surface area (Å²) in [4.78, 5) is 11.5. The van der Waals surface area contributed by atoms with E-state index < -0.39 is 0 Å². The van der Waals surface area contributed by atoms with E-state index in [2.05, 4.69) is 15.5 Å². The standard InChI is InChI=1S/C17H15N3O/c21-16-11-15(18-12-13-7-3-1-4-8-13)17(20-19-16)14-9-5-2-6-10-14/h1-11H,12H2,(H2,18,19,21). The molecule has 1 heterocycles. The van der Waals surface area contributed by atoms with Gasteiger partial charge < -0.3 is 5.32 Å². The van der Waals surface area contributed by atoms with Crippen molar-refractivity contribution in [2.24, 2.45) is 0 Å². The molecule has 104 valence electrons. The van der Waals surface area contributed by atoms with Crippen molar-refractivity contribution >= 4 is 5.69 Å². The van der Waals surface area contributed by atoms with Crippen LogP contribution >= 0.6 is 0 Å². The van der Waals surface area contributed by atoms with Crippen LogP contribution in [0.4, 0.5) is 5.69 Å². The van der Waals surface area contributed by atoms with E-state index in [0.717, 1.165) is 22.5 Å². The molecule has 4 nitrogen and oxygen atoms in total. The molecule has 2 aromatic carbocycles. The summed E-state index contributed by atoms with van der Waals surface area (Å²) in [6.07, 6.45) is 0. The minimum absolute atomic E-state index is 0.217. The molecule has 3 rings (SSSR count). The second-order valence-corrected chi connectivity index (χ2v) is 4.70. The van der Waals surface area contributed by atoms with Crippen LogP contribution in [0, 0.1) is 0 Å². The number of aromatic nitrogens is 2. The smallest absolute Gasteiger partial charge is 0.266 e. The average molecular weight is 277 g/mol. The van der Waals surface area contributed by atoms with Crippen molar-refractivity contribution in [1.82, 2.24) is 10.2 Å². The third-order valence-corrected chi connectivity index (χ3v) is 3.18. The molecule has 0 amide bonds. The van der Waals surface area contributed by atoms with Gasteiger partial charge in [0.1, 0.15) is 5.69 Å².